The van der Waals surface area contributed by atoms with Gasteiger partial charge in [-0.25, -0.2) is 0 Å². The Balaban J connectivity index is 3.54. The molecule has 0 amide bonds. The van der Waals surface area contributed by atoms with E-state index in [2.05, 4.69) is 10.5 Å². The molecular formula is C10H22N2O2. The highest BCUT2D eigenvalue weighted by Gasteiger charge is 2.10. The topological polar surface area (TPSA) is 53.9 Å². The molecule has 1 unspecified atom stereocenters. The zero-order valence-corrected chi connectivity index (χ0v) is 9.58. The predicted molar refractivity (Wildman–Crippen MR) is 58.5 cm³/mol. The number of aliphatic hydroxyl groups excluding tert-OH is 1. The third kappa shape index (κ3) is 9.48. The Labute approximate surface area is 86.3 Å². The maximum atomic E-state index is 9.42. The molecule has 0 aromatic rings. The lowest BCUT2D eigenvalue weighted by atomic mass is 10.1. The number of rotatable bonds is 6. The molecule has 0 aromatic heterocycles. The standard InChI is InChI=1S/C10H22N2O2/c1-5-6-14-12-8-9(13)7-11-10(2,3)4/h8-9,11,13H,5-7H2,1-4H3/b12-8-. The summed E-state index contributed by atoms with van der Waals surface area (Å²) in [6, 6.07) is 0. The first-order valence-electron chi connectivity index (χ1n) is 5.04. The van der Waals surface area contributed by atoms with Gasteiger partial charge in [-0.3, -0.25) is 0 Å². The zero-order valence-electron chi connectivity index (χ0n) is 9.58. The molecule has 0 aliphatic heterocycles. The lowest BCUT2D eigenvalue weighted by molar-refractivity contribution is 0.140. The Hall–Kier alpha value is -0.610. The van der Waals surface area contributed by atoms with Crippen molar-refractivity contribution in [3.05, 3.63) is 0 Å². The number of nitrogens with one attached hydrogen (secondary N) is 1. The number of nitrogens with zero attached hydrogens (tertiary/aromatic N) is 1. The maximum absolute atomic E-state index is 9.42. The third-order valence-corrected chi connectivity index (χ3v) is 1.44. The van der Waals surface area contributed by atoms with Gasteiger partial charge in [-0.05, 0) is 27.2 Å². The molecule has 0 radical (unpaired) electrons. The van der Waals surface area contributed by atoms with Crippen molar-refractivity contribution >= 4 is 6.21 Å². The van der Waals surface area contributed by atoms with Gasteiger partial charge in [0.25, 0.3) is 0 Å². The minimum Gasteiger partial charge on any atom is -0.396 e. The fourth-order valence-electron chi connectivity index (χ4n) is 0.721. The lowest BCUT2D eigenvalue weighted by Crippen LogP contribution is -2.41. The summed E-state index contributed by atoms with van der Waals surface area (Å²) in [5.74, 6) is 0. The van der Waals surface area contributed by atoms with Crippen LogP contribution in [0.2, 0.25) is 0 Å². The van der Waals surface area contributed by atoms with Crippen molar-refractivity contribution in [1.82, 2.24) is 5.32 Å². The Morgan fingerprint density at radius 2 is 2.14 bits per heavy atom. The van der Waals surface area contributed by atoms with Gasteiger partial charge in [0.1, 0.15) is 12.7 Å². The smallest absolute Gasteiger partial charge is 0.116 e. The number of oxime groups is 1. The molecule has 84 valence electrons. The van der Waals surface area contributed by atoms with Crippen LogP contribution in [0.3, 0.4) is 0 Å². The summed E-state index contributed by atoms with van der Waals surface area (Å²) < 4.78 is 0. The third-order valence-electron chi connectivity index (χ3n) is 1.44. The summed E-state index contributed by atoms with van der Waals surface area (Å²) in [4.78, 5) is 4.87. The average Bonchev–Trinajstić information content (AvgIpc) is 2.08. The summed E-state index contributed by atoms with van der Waals surface area (Å²) in [5, 5.41) is 16.2. The van der Waals surface area contributed by atoms with E-state index >= 15 is 0 Å². The highest BCUT2D eigenvalue weighted by atomic mass is 16.6. The fraction of sp³-hybridized carbons (Fsp3) is 0.900. The second-order valence-electron chi connectivity index (χ2n) is 4.29. The number of hydrogen-bond donors (Lipinski definition) is 2. The van der Waals surface area contributed by atoms with E-state index in [4.69, 9.17) is 4.84 Å². The van der Waals surface area contributed by atoms with Gasteiger partial charge in [-0.1, -0.05) is 12.1 Å². The molecule has 0 bridgehead atoms. The molecule has 0 aromatic carbocycles. The van der Waals surface area contributed by atoms with Crippen LogP contribution in [0, 0.1) is 0 Å². The van der Waals surface area contributed by atoms with Crippen LogP contribution in [0.15, 0.2) is 5.16 Å². The van der Waals surface area contributed by atoms with Crippen molar-refractivity contribution < 1.29 is 9.94 Å². The zero-order chi connectivity index (χ0) is 11.0. The molecule has 4 heteroatoms. The van der Waals surface area contributed by atoms with Gasteiger partial charge in [-0.15, -0.1) is 0 Å². The summed E-state index contributed by atoms with van der Waals surface area (Å²) in [6.45, 7) is 9.23. The molecule has 4 nitrogen and oxygen atoms in total. The SMILES string of the molecule is CCCO/N=C\C(O)CNC(C)(C)C. The first kappa shape index (κ1) is 13.4. The molecule has 0 saturated carbocycles. The summed E-state index contributed by atoms with van der Waals surface area (Å²) in [5.41, 5.74) is 0.0130. The maximum Gasteiger partial charge on any atom is 0.116 e. The Morgan fingerprint density at radius 3 is 2.64 bits per heavy atom. The van der Waals surface area contributed by atoms with Crippen LogP contribution in [0.4, 0.5) is 0 Å². The van der Waals surface area contributed by atoms with Crippen LogP contribution >= 0.6 is 0 Å². The van der Waals surface area contributed by atoms with Crippen LogP contribution in [0.1, 0.15) is 34.1 Å². The van der Waals surface area contributed by atoms with E-state index in [-0.39, 0.29) is 5.54 Å². The highest BCUT2D eigenvalue weighted by Crippen LogP contribution is 1.97. The van der Waals surface area contributed by atoms with E-state index in [0.717, 1.165) is 6.42 Å². The van der Waals surface area contributed by atoms with Crippen LogP contribution in [0.5, 0.6) is 0 Å². The number of β-amino-alcohol motifs (C(OH)–C–C–N with tert-alkyl or cyclic N) is 1. The molecule has 0 fully saturated rings. The minimum atomic E-state index is -0.592. The fourth-order valence-corrected chi connectivity index (χ4v) is 0.721. The second-order valence-corrected chi connectivity index (χ2v) is 4.29. The monoisotopic (exact) mass is 202 g/mol. The number of aliphatic hydroxyl groups is 1. The van der Waals surface area contributed by atoms with Crippen LogP contribution in [-0.4, -0.2) is 36.1 Å². The summed E-state index contributed by atoms with van der Waals surface area (Å²) >= 11 is 0. The van der Waals surface area contributed by atoms with Crippen LogP contribution in [0.25, 0.3) is 0 Å². The van der Waals surface area contributed by atoms with Crippen LogP contribution in [-0.2, 0) is 4.84 Å². The van der Waals surface area contributed by atoms with Gasteiger partial charge in [0.15, 0.2) is 0 Å². The summed E-state index contributed by atoms with van der Waals surface area (Å²) in [7, 11) is 0. The molecule has 0 aliphatic carbocycles. The second kappa shape index (κ2) is 6.79. The Bertz CT molecular complexity index is 164. The Kier molecular flexibility index (Phi) is 6.49. The molecule has 0 heterocycles. The van der Waals surface area contributed by atoms with Crippen molar-refractivity contribution in [3.8, 4) is 0 Å². The molecule has 0 saturated heterocycles. The largest absolute Gasteiger partial charge is 0.396 e. The first-order chi connectivity index (χ1) is 6.45. The van der Waals surface area contributed by atoms with E-state index in [1.807, 2.05) is 27.7 Å². The van der Waals surface area contributed by atoms with Crippen molar-refractivity contribution in [2.24, 2.45) is 5.16 Å². The van der Waals surface area contributed by atoms with Crippen molar-refractivity contribution in [3.63, 3.8) is 0 Å². The molecule has 0 rings (SSSR count). The van der Waals surface area contributed by atoms with Crippen LogP contribution < -0.4 is 5.32 Å². The van der Waals surface area contributed by atoms with Gasteiger partial charge in [0.2, 0.25) is 0 Å². The Morgan fingerprint density at radius 1 is 1.50 bits per heavy atom. The predicted octanol–water partition coefficient (Wildman–Crippen LogP) is 1.15. The molecule has 0 spiro atoms. The molecule has 1 atom stereocenters. The van der Waals surface area contributed by atoms with E-state index in [0.29, 0.717) is 13.2 Å². The van der Waals surface area contributed by atoms with Crippen molar-refractivity contribution in [1.29, 1.82) is 0 Å². The number of hydrogen-bond acceptors (Lipinski definition) is 4. The van der Waals surface area contributed by atoms with E-state index < -0.39 is 6.10 Å². The van der Waals surface area contributed by atoms with Crippen molar-refractivity contribution in [2.45, 2.75) is 45.8 Å². The molecule has 0 aliphatic rings. The normalized spacial score (nSPS) is 14.6. The summed E-state index contributed by atoms with van der Waals surface area (Å²) in [6.07, 6.45) is 1.74. The van der Waals surface area contributed by atoms with Crippen molar-refractivity contribution in [2.75, 3.05) is 13.2 Å². The van der Waals surface area contributed by atoms with E-state index in [1.54, 1.807) is 0 Å². The van der Waals surface area contributed by atoms with Gasteiger partial charge in [0.05, 0.1) is 6.21 Å². The van der Waals surface area contributed by atoms with Gasteiger partial charge in [-0.2, -0.15) is 0 Å². The lowest BCUT2D eigenvalue weighted by Gasteiger charge is -2.21. The molecular weight excluding hydrogens is 180 g/mol. The van der Waals surface area contributed by atoms with Gasteiger partial charge in [0, 0.05) is 12.1 Å². The minimum absolute atomic E-state index is 0.0130. The molecule has 14 heavy (non-hydrogen) atoms. The highest BCUT2D eigenvalue weighted by molar-refractivity contribution is 5.62. The van der Waals surface area contributed by atoms with Gasteiger partial charge < -0.3 is 15.3 Å². The van der Waals surface area contributed by atoms with E-state index in [9.17, 15) is 5.11 Å². The quantitative estimate of drug-likeness (QED) is 0.386. The average molecular weight is 202 g/mol. The first-order valence-corrected chi connectivity index (χ1v) is 5.04. The molecule has 2 N–H and O–H groups in total. The van der Waals surface area contributed by atoms with E-state index in [1.165, 1.54) is 6.21 Å². The van der Waals surface area contributed by atoms with Gasteiger partial charge >= 0.3 is 0 Å².